The lowest BCUT2D eigenvalue weighted by molar-refractivity contribution is 0.0953. The molecule has 0 spiro atoms. The number of pyridine rings is 1. The maximum Gasteiger partial charge on any atom is 0.254 e. The Morgan fingerprint density at radius 3 is 3.00 bits per heavy atom. The normalized spacial score (nSPS) is 10.5. The van der Waals surface area contributed by atoms with E-state index in [1.54, 1.807) is 24.1 Å². The molecule has 2 rings (SSSR count). The molecule has 100 valence electrons. The fourth-order valence-electron chi connectivity index (χ4n) is 1.46. The third-order valence-electron chi connectivity index (χ3n) is 2.33. The molecule has 0 saturated heterocycles. The summed E-state index contributed by atoms with van der Waals surface area (Å²) in [5.41, 5.74) is 0.338. The minimum absolute atomic E-state index is 0.177. The number of hydrogen-bond acceptors (Lipinski definition) is 4. The van der Waals surface area contributed by atoms with Gasteiger partial charge in [0.15, 0.2) is 5.82 Å². The van der Waals surface area contributed by atoms with E-state index in [1.807, 2.05) is 0 Å². The van der Waals surface area contributed by atoms with Gasteiger partial charge in [0.05, 0.1) is 5.56 Å². The zero-order chi connectivity index (χ0) is 13.8. The molecule has 0 aliphatic heterocycles. The van der Waals surface area contributed by atoms with Crippen LogP contribution in [0, 0.1) is 0 Å². The first-order valence-corrected chi connectivity index (χ1v) is 6.67. The number of nitrogens with one attached hydrogen (secondary N) is 1. The van der Waals surface area contributed by atoms with Gasteiger partial charge in [0, 0.05) is 30.7 Å². The van der Waals surface area contributed by atoms with E-state index in [0.717, 1.165) is 0 Å². The molecule has 0 aliphatic rings. The summed E-state index contributed by atoms with van der Waals surface area (Å²) in [7, 11) is 1.79. The van der Waals surface area contributed by atoms with Gasteiger partial charge < -0.3 is 5.32 Å². The molecule has 2 heterocycles. The predicted octanol–water partition coefficient (Wildman–Crippen LogP) is 1.60. The smallest absolute Gasteiger partial charge is 0.254 e. The number of carbonyl (C=O) groups is 1. The molecule has 2 aromatic rings. The number of halogens is 2. The molecule has 0 bridgehead atoms. The highest BCUT2D eigenvalue weighted by Crippen LogP contribution is 2.17. The Balaban J connectivity index is 1.92. The van der Waals surface area contributed by atoms with Gasteiger partial charge in [-0.1, -0.05) is 11.6 Å². The van der Waals surface area contributed by atoms with E-state index in [9.17, 15) is 4.79 Å². The Bertz CT molecular complexity index is 601. The van der Waals surface area contributed by atoms with E-state index < -0.39 is 0 Å². The molecule has 1 N–H and O–H groups in total. The Kier molecular flexibility index (Phi) is 4.49. The molecule has 0 radical (unpaired) electrons. The zero-order valence-corrected chi connectivity index (χ0v) is 12.4. The lowest BCUT2D eigenvalue weighted by Crippen LogP contribution is -2.26. The molecular formula is C11H11BrClN5O. The van der Waals surface area contributed by atoms with Crippen LogP contribution in [0.15, 0.2) is 23.1 Å². The Labute approximate surface area is 123 Å². The quantitative estimate of drug-likeness (QED) is 0.855. The van der Waals surface area contributed by atoms with Crippen molar-refractivity contribution in [1.29, 1.82) is 0 Å². The van der Waals surface area contributed by atoms with Crippen LogP contribution in [-0.2, 0) is 13.5 Å². The molecule has 1 amide bonds. The Hall–Kier alpha value is -1.47. The third kappa shape index (κ3) is 3.74. The lowest BCUT2D eigenvalue weighted by atomic mass is 10.2. The van der Waals surface area contributed by atoms with Crippen LogP contribution in [0.1, 0.15) is 16.2 Å². The third-order valence-corrected chi connectivity index (χ3v) is 3.07. The van der Waals surface area contributed by atoms with E-state index in [0.29, 0.717) is 28.8 Å². The van der Waals surface area contributed by atoms with E-state index in [1.165, 1.54) is 6.20 Å². The van der Waals surface area contributed by atoms with Gasteiger partial charge in [-0.25, -0.2) is 9.97 Å². The minimum Gasteiger partial charge on any atom is -0.351 e. The first-order valence-electron chi connectivity index (χ1n) is 5.50. The van der Waals surface area contributed by atoms with Crippen molar-refractivity contribution in [1.82, 2.24) is 25.1 Å². The Morgan fingerprint density at radius 1 is 1.53 bits per heavy atom. The monoisotopic (exact) mass is 343 g/mol. The number of amides is 1. The number of carbonyl (C=O) groups excluding carboxylic acids is 1. The van der Waals surface area contributed by atoms with Crippen molar-refractivity contribution in [2.45, 2.75) is 6.42 Å². The molecule has 0 fully saturated rings. The van der Waals surface area contributed by atoms with Crippen LogP contribution in [-0.4, -0.2) is 32.2 Å². The second-order valence-corrected chi connectivity index (χ2v) is 5.11. The molecule has 19 heavy (non-hydrogen) atoms. The Morgan fingerprint density at radius 2 is 2.32 bits per heavy atom. The molecule has 0 aromatic carbocycles. The maximum absolute atomic E-state index is 11.9. The van der Waals surface area contributed by atoms with Crippen molar-refractivity contribution in [3.63, 3.8) is 0 Å². The van der Waals surface area contributed by atoms with Gasteiger partial charge in [-0.15, -0.1) is 0 Å². The van der Waals surface area contributed by atoms with Gasteiger partial charge in [0.1, 0.15) is 11.5 Å². The fourth-order valence-corrected chi connectivity index (χ4v) is 1.98. The van der Waals surface area contributed by atoms with E-state index >= 15 is 0 Å². The number of hydrogen-bond donors (Lipinski definition) is 1. The molecule has 2 aromatic heterocycles. The SMILES string of the molecule is Cn1cnc(CCNC(=O)c2cc(Br)cnc2Cl)n1. The predicted molar refractivity (Wildman–Crippen MR) is 74.0 cm³/mol. The van der Waals surface area contributed by atoms with Gasteiger partial charge in [-0.05, 0) is 22.0 Å². The number of nitrogens with zero attached hydrogens (tertiary/aromatic N) is 4. The standard InChI is InChI=1S/C11H11BrClN5O/c1-18-6-16-9(17-18)2-3-14-11(19)8-4-7(12)5-15-10(8)13/h4-6H,2-3H2,1H3,(H,14,19). The van der Waals surface area contributed by atoms with Crippen LogP contribution < -0.4 is 5.32 Å². The highest BCUT2D eigenvalue weighted by molar-refractivity contribution is 9.10. The van der Waals surface area contributed by atoms with Crippen LogP contribution in [0.25, 0.3) is 0 Å². The largest absolute Gasteiger partial charge is 0.351 e. The summed E-state index contributed by atoms with van der Waals surface area (Å²) >= 11 is 9.12. The molecule has 6 nitrogen and oxygen atoms in total. The van der Waals surface area contributed by atoms with Gasteiger partial charge >= 0.3 is 0 Å². The van der Waals surface area contributed by atoms with Crippen molar-refractivity contribution in [3.05, 3.63) is 39.6 Å². The summed E-state index contributed by atoms with van der Waals surface area (Å²) in [5, 5.41) is 7.05. The number of aromatic nitrogens is 4. The van der Waals surface area contributed by atoms with Crippen LogP contribution in [0.3, 0.4) is 0 Å². The molecule has 8 heteroatoms. The van der Waals surface area contributed by atoms with Gasteiger partial charge in [-0.2, -0.15) is 5.10 Å². The summed E-state index contributed by atoms with van der Waals surface area (Å²) in [6.07, 6.45) is 3.72. The lowest BCUT2D eigenvalue weighted by Gasteiger charge is -2.05. The maximum atomic E-state index is 11.9. The van der Waals surface area contributed by atoms with Crippen LogP contribution in [0.2, 0.25) is 5.15 Å². The first-order chi connectivity index (χ1) is 9.06. The van der Waals surface area contributed by atoms with Gasteiger partial charge in [0.25, 0.3) is 5.91 Å². The van der Waals surface area contributed by atoms with Crippen molar-refractivity contribution in [3.8, 4) is 0 Å². The first kappa shape index (κ1) is 14.0. The topological polar surface area (TPSA) is 72.7 Å². The highest BCUT2D eigenvalue weighted by Gasteiger charge is 2.11. The molecule has 0 atom stereocenters. The zero-order valence-electron chi connectivity index (χ0n) is 10.1. The van der Waals surface area contributed by atoms with Crippen LogP contribution in [0.4, 0.5) is 0 Å². The second-order valence-electron chi connectivity index (χ2n) is 3.83. The average molecular weight is 345 g/mol. The van der Waals surface area contributed by atoms with Crippen molar-refractivity contribution < 1.29 is 4.79 Å². The molecule has 0 unspecified atom stereocenters. The summed E-state index contributed by atoms with van der Waals surface area (Å²) in [6, 6.07) is 1.63. The van der Waals surface area contributed by atoms with E-state index in [4.69, 9.17) is 11.6 Å². The second kappa shape index (κ2) is 6.12. The number of rotatable bonds is 4. The summed E-state index contributed by atoms with van der Waals surface area (Å²) in [6.45, 7) is 0.436. The molecular weight excluding hydrogens is 334 g/mol. The van der Waals surface area contributed by atoms with Gasteiger partial charge in [0.2, 0.25) is 0 Å². The van der Waals surface area contributed by atoms with Crippen molar-refractivity contribution in [2.24, 2.45) is 7.05 Å². The van der Waals surface area contributed by atoms with Crippen LogP contribution >= 0.6 is 27.5 Å². The van der Waals surface area contributed by atoms with Crippen molar-refractivity contribution >= 4 is 33.4 Å². The van der Waals surface area contributed by atoms with Crippen molar-refractivity contribution in [2.75, 3.05) is 6.54 Å². The van der Waals surface area contributed by atoms with E-state index in [2.05, 4.69) is 36.3 Å². The highest BCUT2D eigenvalue weighted by atomic mass is 79.9. The minimum atomic E-state index is -0.269. The summed E-state index contributed by atoms with van der Waals surface area (Å²) in [5.74, 6) is 0.413. The van der Waals surface area contributed by atoms with Crippen LogP contribution in [0.5, 0.6) is 0 Å². The average Bonchev–Trinajstić information content (AvgIpc) is 2.78. The summed E-state index contributed by atoms with van der Waals surface area (Å²) in [4.78, 5) is 19.9. The van der Waals surface area contributed by atoms with E-state index in [-0.39, 0.29) is 11.1 Å². The summed E-state index contributed by atoms with van der Waals surface area (Å²) < 4.78 is 2.32. The fraction of sp³-hybridized carbons (Fsp3) is 0.273. The number of aryl methyl sites for hydroxylation is 1. The van der Waals surface area contributed by atoms with Gasteiger partial charge in [-0.3, -0.25) is 9.48 Å². The molecule has 0 aliphatic carbocycles. The molecule has 0 saturated carbocycles.